The molecule has 196 valence electrons. The van der Waals surface area contributed by atoms with Crippen LogP contribution in [-0.4, -0.2) is 75.2 Å². The van der Waals surface area contributed by atoms with Crippen LogP contribution in [0.2, 0.25) is 0 Å². The molecule has 0 bridgehead atoms. The summed E-state index contributed by atoms with van der Waals surface area (Å²) in [4.78, 5) is 19.3. The second-order valence-electron chi connectivity index (χ2n) is 10.3. The Labute approximate surface area is 216 Å². The third-order valence-corrected chi connectivity index (χ3v) is 7.19. The molecular formula is C27H34FN7O2. The van der Waals surface area contributed by atoms with Crippen LogP contribution in [0.4, 0.5) is 10.1 Å². The second-order valence-corrected chi connectivity index (χ2v) is 10.3. The summed E-state index contributed by atoms with van der Waals surface area (Å²) in [7, 11) is 1.76. The highest BCUT2D eigenvalue weighted by molar-refractivity contribution is 5.95. The largest absolute Gasteiger partial charge is 0.378 e. The molecule has 0 unspecified atom stereocenters. The van der Waals surface area contributed by atoms with E-state index in [-0.39, 0.29) is 23.8 Å². The summed E-state index contributed by atoms with van der Waals surface area (Å²) in [6, 6.07) is 5.70. The topological polar surface area (TPSA) is 97.2 Å². The fraction of sp³-hybridized carbons (Fsp3) is 0.481. The van der Waals surface area contributed by atoms with Crippen molar-refractivity contribution in [2.75, 3.05) is 25.5 Å². The number of nitrogens with zero attached hydrogens (tertiary/aromatic N) is 5. The van der Waals surface area contributed by atoms with Gasteiger partial charge in [-0.1, -0.05) is 5.21 Å². The highest BCUT2D eigenvalue weighted by Crippen LogP contribution is 2.26. The minimum atomic E-state index is -0.545. The average molecular weight is 508 g/mol. The number of anilines is 1. The zero-order chi connectivity index (χ0) is 26.1. The number of likely N-dealkylation sites (tertiary alicyclic amines) is 1. The molecule has 10 heteroatoms. The molecule has 1 aliphatic heterocycles. The maximum absolute atomic E-state index is 14.6. The van der Waals surface area contributed by atoms with Crippen molar-refractivity contribution in [1.82, 2.24) is 30.2 Å². The van der Waals surface area contributed by atoms with Gasteiger partial charge in [0.15, 0.2) is 0 Å². The van der Waals surface area contributed by atoms with Crippen molar-refractivity contribution in [2.24, 2.45) is 0 Å². The Morgan fingerprint density at radius 3 is 2.73 bits per heavy atom. The number of benzene rings is 1. The highest BCUT2D eigenvalue weighted by Gasteiger charge is 2.30. The first-order valence-corrected chi connectivity index (χ1v) is 12.8. The number of amides is 1. The van der Waals surface area contributed by atoms with Crippen molar-refractivity contribution in [3.63, 3.8) is 0 Å². The summed E-state index contributed by atoms with van der Waals surface area (Å²) in [5, 5.41) is 15.0. The van der Waals surface area contributed by atoms with Gasteiger partial charge >= 0.3 is 0 Å². The van der Waals surface area contributed by atoms with E-state index in [1.165, 1.54) is 12.1 Å². The van der Waals surface area contributed by atoms with Crippen LogP contribution in [0, 0.1) is 12.7 Å². The lowest BCUT2D eigenvalue weighted by molar-refractivity contribution is 0.0116. The summed E-state index contributed by atoms with van der Waals surface area (Å²) < 4.78 is 21.9. The summed E-state index contributed by atoms with van der Waals surface area (Å²) in [5.74, 6) is -0.950. The Morgan fingerprint density at radius 1 is 1.19 bits per heavy atom. The Kier molecular flexibility index (Phi) is 7.21. The van der Waals surface area contributed by atoms with Gasteiger partial charge in [0, 0.05) is 50.2 Å². The first-order chi connectivity index (χ1) is 17.8. The lowest BCUT2D eigenvalue weighted by Crippen LogP contribution is -2.52. The molecule has 2 aromatic heterocycles. The van der Waals surface area contributed by atoms with Gasteiger partial charge in [-0.3, -0.25) is 14.7 Å². The summed E-state index contributed by atoms with van der Waals surface area (Å²) >= 11 is 0. The van der Waals surface area contributed by atoms with Crippen LogP contribution in [0.3, 0.4) is 0 Å². The van der Waals surface area contributed by atoms with Crippen LogP contribution in [0.25, 0.3) is 16.9 Å². The Bertz CT molecular complexity index is 1270. The van der Waals surface area contributed by atoms with E-state index in [9.17, 15) is 9.18 Å². The van der Waals surface area contributed by atoms with E-state index in [0.29, 0.717) is 23.0 Å². The monoisotopic (exact) mass is 507 g/mol. The van der Waals surface area contributed by atoms with E-state index in [1.54, 1.807) is 37.3 Å². The van der Waals surface area contributed by atoms with Crippen LogP contribution >= 0.6 is 0 Å². The van der Waals surface area contributed by atoms with Crippen LogP contribution in [0.5, 0.6) is 0 Å². The number of aromatic nitrogens is 4. The number of piperidine rings is 1. The molecule has 1 aromatic carbocycles. The van der Waals surface area contributed by atoms with Crippen LogP contribution in [0.1, 0.15) is 49.0 Å². The van der Waals surface area contributed by atoms with Gasteiger partial charge < -0.3 is 15.4 Å². The number of hydrogen-bond donors (Lipinski definition) is 2. The summed E-state index contributed by atoms with van der Waals surface area (Å²) in [5.41, 5.74) is 3.58. The number of pyridine rings is 1. The number of carbonyl (C=O) groups is 1. The van der Waals surface area contributed by atoms with Crippen LogP contribution in [-0.2, 0) is 4.74 Å². The van der Waals surface area contributed by atoms with E-state index in [1.807, 2.05) is 6.07 Å². The second kappa shape index (κ2) is 10.5. The van der Waals surface area contributed by atoms with Crippen molar-refractivity contribution in [3.05, 3.63) is 53.7 Å². The van der Waals surface area contributed by atoms with Gasteiger partial charge in [0.2, 0.25) is 0 Å². The minimum absolute atomic E-state index is 0.00799. The molecule has 1 aliphatic carbocycles. The van der Waals surface area contributed by atoms with E-state index in [4.69, 9.17) is 4.74 Å². The lowest BCUT2D eigenvalue weighted by Gasteiger charge is -2.40. The minimum Gasteiger partial charge on any atom is -0.378 e. The van der Waals surface area contributed by atoms with Crippen molar-refractivity contribution in [1.29, 1.82) is 0 Å². The van der Waals surface area contributed by atoms with E-state index < -0.39 is 11.7 Å². The number of nitrogens with one attached hydrogen (secondary N) is 2. The fourth-order valence-corrected chi connectivity index (χ4v) is 4.77. The number of aryl methyl sites for hydroxylation is 1. The molecule has 9 nitrogen and oxygen atoms in total. The number of methoxy groups -OCH3 is 1. The maximum Gasteiger partial charge on any atom is 0.254 e. The molecule has 1 amide bonds. The van der Waals surface area contributed by atoms with Gasteiger partial charge in [-0.05, 0) is 63.8 Å². The predicted octanol–water partition coefficient (Wildman–Crippen LogP) is 3.58. The predicted molar refractivity (Wildman–Crippen MR) is 139 cm³/mol. The van der Waals surface area contributed by atoms with Gasteiger partial charge in [0.05, 0.1) is 35.3 Å². The number of rotatable bonds is 8. The Morgan fingerprint density at radius 2 is 2.00 bits per heavy atom. The summed E-state index contributed by atoms with van der Waals surface area (Å²) in [6.45, 7) is 8.08. The number of carbonyl (C=O) groups excluding carboxylic acids is 1. The molecule has 1 saturated heterocycles. The van der Waals surface area contributed by atoms with Gasteiger partial charge in [-0.25, -0.2) is 9.07 Å². The number of ether oxygens (including phenoxy) is 1. The number of halogens is 1. The average Bonchev–Trinajstić information content (AvgIpc) is 3.56. The molecule has 0 radical (unpaired) electrons. The third kappa shape index (κ3) is 5.65. The third-order valence-electron chi connectivity index (χ3n) is 7.19. The van der Waals surface area contributed by atoms with Crippen molar-refractivity contribution in [3.8, 4) is 16.9 Å². The molecule has 3 heterocycles. The van der Waals surface area contributed by atoms with E-state index in [0.717, 1.165) is 43.6 Å². The van der Waals surface area contributed by atoms with Crippen LogP contribution in [0.15, 0.2) is 36.8 Å². The Hall–Kier alpha value is -3.37. The zero-order valence-corrected chi connectivity index (χ0v) is 21.7. The van der Waals surface area contributed by atoms with E-state index >= 15 is 0 Å². The molecular weight excluding hydrogens is 473 g/mol. The molecule has 5 rings (SSSR count). The SMILES string of the molecule is CO[C@@H]1CN(C(C)C)CC[C@@H]1Nc1cncc(-c2cn(-c3cc(C(=O)NC4CC4)c(F)cc3C)nn2)c1. The standard InChI is InChI=1S/C27H34FN7O2/c1-16(2)34-8-7-23(26(15-34)37-4)30-20-10-18(12-29-13-20)24-14-35(33-32-24)25-11-21(22(28)9-17(25)3)27(36)31-19-5-6-19/h9-14,16,19,23,26,30H,5-8,15H2,1-4H3,(H,31,36)/t23-,26+/m0/s1. The lowest BCUT2D eigenvalue weighted by atomic mass is 10.00. The molecule has 2 aliphatic rings. The summed E-state index contributed by atoms with van der Waals surface area (Å²) in [6.07, 6.45) is 8.21. The first kappa shape index (κ1) is 25.3. The highest BCUT2D eigenvalue weighted by atomic mass is 19.1. The smallest absolute Gasteiger partial charge is 0.254 e. The van der Waals surface area contributed by atoms with Crippen molar-refractivity contribution in [2.45, 2.75) is 64.3 Å². The van der Waals surface area contributed by atoms with Gasteiger partial charge in [0.1, 0.15) is 11.5 Å². The maximum atomic E-state index is 14.6. The molecule has 2 atom stereocenters. The molecule has 1 saturated carbocycles. The Balaban J connectivity index is 1.34. The van der Waals surface area contributed by atoms with Gasteiger partial charge in [-0.2, -0.15) is 0 Å². The van der Waals surface area contributed by atoms with Gasteiger partial charge in [0.25, 0.3) is 5.91 Å². The molecule has 0 spiro atoms. The molecule has 3 aromatic rings. The number of hydrogen-bond acceptors (Lipinski definition) is 7. The van der Waals surface area contributed by atoms with Crippen molar-refractivity contribution < 1.29 is 13.9 Å². The van der Waals surface area contributed by atoms with Crippen molar-refractivity contribution >= 4 is 11.6 Å². The van der Waals surface area contributed by atoms with Crippen LogP contribution < -0.4 is 10.6 Å². The molecule has 37 heavy (non-hydrogen) atoms. The normalized spacial score (nSPS) is 20.3. The fourth-order valence-electron chi connectivity index (χ4n) is 4.77. The zero-order valence-electron chi connectivity index (χ0n) is 21.7. The first-order valence-electron chi connectivity index (χ1n) is 12.8. The molecule has 2 N–H and O–H groups in total. The molecule has 2 fully saturated rings. The van der Waals surface area contributed by atoms with E-state index in [2.05, 4.69) is 44.7 Å². The quantitative estimate of drug-likeness (QED) is 0.481. The van der Waals surface area contributed by atoms with Gasteiger partial charge in [-0.15, -0.1) is 5.10 Å².